The van der Waals surface area contributed by atoms with Crippen molar-refractivity contribution < 1.29 is 23.5 Å². The van der Waals surface area contributed by atoms with Gasteiger partial charge in [-0.1, -0.05) is 11.6 Å². The van der Waals surface area contributed by atoms with Gasteiger partial charge in [-0.05, 0) is 32.9 Å². The lowest BCUT2D eigenvalue weighted by Gasteiger charge is -2.08. The summed E-state index contributed by atoms with van der Waals surface area (Å²) >= 11 is 0. The summed E-state index contributed by atoms with van der Waals surface area (Å²) in [6, 6.07) is 7.12. The first kappa shape index (κ1) is 19.9. The molecule has 0 fully saturated rings. The number of furan rings is 1. The molecule has 0 aliphatic rings. The number of hydrogen-bond acceptors (Lipinski definition) is 6. The molecular formula is C20H20N2O5. The topological polar surface area (TPSA) is 109 Å². The van der Waals surface area contributed by atoms with Crippen LogP contribution in [0, 0.1) is 25.2 Å². The molecule has 2 rings (SSSR count). The summed E-state index contributed by atoms with van der Waals surface area (Å²) in [4.78, 5) is 36.2. The van der Waals surface area contributed by atoms with E-state index in [1.165, 1.54) is 14.0 Å². The molecule has 0 spiro atoms. The Morgan fingerprint density at radius 3 is 2.52 bits per heavy atom. The van der Waals surface area contributed by atoms with Crippen molar-refractivity contribution in [1.82, 2.24) is 0 Å². The van der Waals surface area contributed by atoms with E-state index in [2.05, 4.69) is 5.32 Å². The number of nitrogens with zero attached hydrogens (tertiary/aromatic N) is 1. The molecule has 0 unspecified atom stereocenters. The number of amides is 1. The zero-order chi connectivity index (χ0) is 20.1. The lowest BCUT2D eigenvalue weighted by atomic mass is 10.0. The van der Waals surface area contributed by atoms with Crippen molar-refractivity contribution in [2.45, 2.75) is 33.6 Å². The van der Waals surface area contributed by atoms with E-state index in [0.29, 0.717) is 11.3 Å². The number of methoxy groups -OCH3 is 1. The van der Waals surface area contributed by atoms with Gasteiger partial charge in [-0.15, -0.1) is 0 Å². The van der Waals surface area contributed by atoms with Gasteiger partial charge in [-0.25, -0.2) is 0 Å². The van der Waals surface area contributed by atoms with Crippen LogP contribution in [0.5, 0.6) is 5.75 Å². The minimum atomic E-state index is -0.490. The maximum atomic E-state index is 12.4. The largest absolute Gasteiger partial charge is 0.496 e. The zero-order valence-electron chi connectivity index (χ0n) is 15.6. The number of nitriles is 1. The highest BCUT2D eigenvalue weighted by Gasteiger charge is 2.23. The van der Waals surface area contributed by atoms with Crippen LogP contribution in [0.2, 0.25) is 0 Å². The molecule has 0 saturated heterocycles. The van der Waals surface area contributed by atoms with E-state index in [-0.39, 0.29) is 47.2 Å². The molecule has 0 aliphatic carbocycles. The molecular weight excluding hydrogens is 348 g/mol. The van der Waals surface area contributed by atoms with Crippen molar-refractivity contribution in [3.05, 3.63) is 46.2 Å². The van der Waals surface area contributed by atoms with E-state index >= 15 is 0 Å². The summed E-state index contributed by atoms with van der Waals surface area (Å²) in [5, 5.41) is 11.7. The molecule has 7 nitrogen and oxygen atoms in total. The minimum Gasteiger partial charge on any atom is -0.496 e. The average molecular weight is 368 g/mol. The van der Waals surface area contributed by atoms with Crippen LogP contribution in [0.15, 0.2) is 22.6 Å². The summed E-state index contributed by atoms with van der Waals surface area (Å²) in [5.41, 5.74) is 1.45. The van der Waals surface area contributed by atoms with Crippen LogP contribution < -0.4 is 10.1 Å². The van der Waals surface area contributed by atoms with E-state index < -0.39 is 5.91 Å². The number of carbonyl (C=O) groups excluding carboxylic acids is 3. The van der Waals surface area contributed by atoms with Gasteiger partial charge in [0.2, 0.25) is 11.8 Å². The average Bonchev–Trinajstić information content (AvgIpc) is 2.94. The van der Waals surface area contributed by atoms with E-state index in [1.807, 2.05) is 19.1 Å². The standard InChI is InChI=1S/C20H20N2O5/c1-11-5-7-17(26-4)14(9-11)16(24)6-8-18(25)22-20-15(10-21)19(12(2)23)13(3)27-20/h5,7,9H,6,8H2,1-4H3,(H,22,25). The molecule has 1 N–H and O–H groups in total. The molecule has 27 heavy (non-hydrogen) atoms. The van der Waals surface area contributed by atoms with Crippen LogP contribution >= 0.6 is 0 Å². The number of Topliss-reactive ketones (excluding diaryl/α,β-unsaturated/α-hetero) is 2. The molecule has 1 aromatic heterocycles. The van der Waals surface area contributed by atoms with Crippen LogP contribution in [0.4, 0.5) is 5.88 Å². The van der Waals surface area contributed by atoms with Crippen LogP contribution in [-0.4, -0.2) is 24.6 Å². The maximum absolute atomic E-state index is 12.4. The van der Waals surface area contributed by atoms with Gasteiger partial charge < -0.3 is 9.15 Å². The van der Waals surface area contributed by atoms with Gasteiger partial charge in [-0.3, -0.25) is 19.7 Å². The molecule has 1 heterocycles. The summed E-state index contributed by atoms with van der Waals surface area (Å²) in [7, 11) is 1.48. The number of benzene rings is 1. The third kappa shape index (κ3) is 4.42. The van der Waals surface area contributed by atoms with Gasteiger partial charge in [0.05, 0.1) is 18.2 Å². The number of ether oxygens (including phenoxy) is 1. The first-order chi connectivity index (χ1) is 12.8. The van der Waals surface area contributed by atoms with Crippen molar-refractivity contribution in [2.24, 2.45) is 0 Å². The second-order valence-corrected chi connectivity index (χ2v) is 6.08. The van der Waals surface area contributed by atoms with Gasteiger partial charge in [-0.2, -0.15) is 5.26 Å². The Bertz CT molecular complexity index is 950. The lowest BCUT2D eigenvalue weighted by Crippen LogP contribution is -2.14. The quantitative estimate of drug-likeness (QED) is 0.748. The molecule has 0 bridgehead atoms. The Morgan fingerprint density at radius 1 is 1.22 bits per heavy atom. The molecule has 0 saturated carbocycles. The van der Waals surface area contributed by atoms with Gasteiger partial charge in [0, 0.05) is 12.8 Å². The molecule has 1 amide bonds. The van der Waals surface area contributed by atoms with E-state index in [4.69, 9.17) is 9.15 Å². The van der Waals surface area contributed by atoms with E-state index in [0.717, 1.165) is 5.56 Å². The van der Waals surface area contributed by atoms with Crippen molar-refractivity contribution in [1.29, 1.82) is 5.26 Å². The highest BCUT2D eigenvalue weighted by Crippen LogP contribution is 2.27. The minimum absolute atomic E-state index is 0.0139. The summed E-state index contributed by atoms with van der Waals surface area (Å²) < 4.78 is 10.5. The number of nitrogens with one attached hydrogen (secondary N) is 1. The Labute approximate surface area is 156 Å². The SMILES string of the molecule is COc1ccc(C)cc1C(=O)CCC(=O)Nc1oc(C)c(C(C)=O)c1C#N. The third-order valence-electron chi connectivity index (χ3n) is 4.04. The van der Waals surface area contributed by atoms with Crippen LogP contribution in [0.1, 0.15) is 57.4 Å². The normalized spacial score (nSPS) is 10.2. The molecule has 1 aromatic carbocycles. The highest BCUT2D eigenvalue weighted by atomic mass is 16.5. The van der Waals surface area contributed by atoms with Crippen LogP contribution in [-0.2, 0) is 4.79 Å². The maximum Gasteiger partial charge on any atom is 0.227 e. The van der Waals surface area contributed by atoms with Gasteiger partial charge in [0.25, 0.3) is 0 Å². The smallest absolute Gasteiger partial charge is 0.227 e. The monoisotopic (exact) mass is 368 g/mol. The summed E-state index contributed by atoms with van der Waals surface area (Å²) in [6.45, 7) is 4.72. The molecule has 0 atom stereocenters. The number of hydrogen-bond donors (Lipinski definition) is 1. The predicted octanol–water partition coefficient (Wildman–Crippen LogP) is 3.58. The van der Waals surface area contributed by atoms with Crippen LogP contribution in [0.25, 0.3) is 0 Å². The first-order valence-corrected chi connectivity index (χ1v) is 8.30. The fraction of sp³-hybridized carbons (Fsp3) is 0.300. The number of ketones is 2. The number of rotatable bonds is 7. The van der Waals surface area contributed by atoms with Crippen molar-refractivity contribution in [3.63, 3.8) is 0 Å². The summed E-state index contributed by atoms with van der Waals surface area (Å²) in [6.07, 6.45) is -0.136. The van der Waals surface area contributed by atoms with Gasteiger partial charge in [0.1, 0.15) is 23.1 Å². The van der Waals surface area contributed by atoms with E-state index in [1.54, 1.807) is 19.1 Å². The second-order valence-electron chi connectivity index (χ2n) is 6.08. The predicted molar refractivity (Wildman–Crippen MR) is 98.1 cm³/mol. The highest BCUT2D eigenvalue weighted by molar-refractivity contribution is 6.03. The van der Waals surface area contributed by atoms with Crippen molar-refractivity contribution in [3.8, 4) is 11.8 Å². The Hall–Kier alpha value is -3.40. The molecule has 140 valence electrons. The lowest BCUT2D eigenvalue weighted by molar-refractivity contribution is -0.116. The molecule has 7 heteroatoms. The van der Waals surface area contributed by atoms with Gasteiger partial charge >= 0.3 is 0 Å². The summed E-state index contributed by atoms with van der Waals surface area (Å²) in [5.74, 6) is -0.414. The fourth-order valence-corrected chi connectivity index (χ4v) is 2.75. The Kier molecular flexibility index (Phi) is 6.14. The van der Waals surface area contributed by atoms with Crippen molar-refractivity contribution >= 4 is 23.4 Å². The number of carbonyl (C=O) groups is 3. The first-order valence-electron chi connectivity index (χ1n) is 8.30. The Balaban J connectivity index is 2.09. The zero-order valence-corrected chi connectivity index (χ0v) is 15.6. The number of anilines is 1. The van der Waals surface area contributed by atoms with Gasteiger partial charge in [0.15, 0.2) is 11.6 Å². The molecule has 2 aromatic rings. The third-order valence-corrected chi connectivity index (χ3v) is 4.04. The van der Waals surface area contributed by atoms with E-state index in [9.17, 15) is 19.6 Å². The number of aryl methyl sites for hydroxylation is 2. The van der Waals surface area contributed by atoms with Crippen LogP contribution in [0.3, 0.4) is 0 Å². The molecule has 0 aliphatic heterocycles. The second kappa shape index (κ2) is 8.32. The Morgan fingerprint density at radius 2 is 1.93 bits per heavy atom. The van der Waals surface area contributed by atoms with Crippen molar-refractivity contribution in [2.75, 3.05) is 12.4 Å². The fourth-order valence-electron chi connectivity index (χ4n) is 2.75. The molecule has 0 radical (unpaired) electrons.